The van der Waals surface area contributed by atoms with Crippen molar-refractivity contribution in [3.8, 4) is 0 Å². The molecular weight excluding hydrogens is 322 g/mol. The maximum atomic E-state index is 12.8. The number of rotatable bonds is 4. The minimum atomic E-state index is -0.217. The summed E-state index contributed by atoms with van der Waals surface area (Å²) in [7, 11) is 0. The molecule has 134 valence electrons. The topological polar surface area (TPSA) is 56.2 Å². The SMILES string of the molecule is CCC1(c2ccc(NC(=O)N3C(=N)CCC3c3ccccc3)cc2)CC1. The molecule has 1 aliphatic heterocycles. The van der Waals surface area contributed by atoms with Crippen molar-refractivity contribution in [1.82, 2.24) is 4.90 Å². The molecule has 2 aromatic rings. The largest absolute Gasteiger partial charge is 0.327 e. The Bertz CT molecular complexity index is 809. The zero-order valence-electron chi connectivity index (χ0n) is 15.2. The summed E-state index contributed by atoms with van der Waals surface area (Å²) < 4.78 is 0. The van der Waals surface area contributed by atoms with Crippen molar-refractivity contribution in [2.75, 3.05) is 5.32 Å². The second-order valence-electron chi connectivity index (χ2n) is 7.42. The van der Waals surface area contributed by atoms with Gasteiger partial charge in [-0.3, -0.25) is 10.3 Å². The molecule has 4 heteroatoms. The van der Waals surface area contributed by atoms with E-state index in [2.05, 4.69) is 24.4 Å². The molecule has 1 atom stereocenters. The van der Waals surface area contributed by atoms with E-state index in [4.69, 9.17) is 5.41 Å². The molecule has 1 saturated carbocycles. The number of hydrogen-bond donors (Lipinski definition) is 2. The Hall–Kier alpha value is -2.62. The Morgan fingerprint density at radius 1 is 1.15 bits per heavy atom. The van der Waals surface area contributed by atoms with Crippen molar-refractivity contribution >= 4 is 17.6 Å². The third kappa shape index (κ3) is 3.00. The summed E-state index contributed by atoms with van der Waals surface area (Å²) in [5.41, 5.74) is 3.61. The predicted octanol–water partition coefficient (Wildman–Crippen LogP) is 5.47. The van der Waals surface area contributed by atoms with E-state index in [9.17, 15) is 4.79 Å². The van der Waals surface area contributed by atoms with E-state index < -0.39 is 0 Å². The van der Waals surface area contributed by atoms with Crippen molar-refractivity contribution in [1.29, 1.82) is 5.41 Å². The minimum absolute atomic E-state index is 0.0576. The Morgan fingerprint density at radius 2 is 1.85 bits per heavy atom. The Morgan fingerprint density at radius 3 is 2.46 bits per heavy atom. The zero-order valence-corrected chi connectivity index (χ0v) is 15.2. The van der Waals surface area contributed by atoms with Crippen molar-refractivity contribution in [3.05, 3.63) is 65.7 Å². The van der Waals surface area contributed by atoms with Crippen molar-refractivity contribution in [2.45, 2.75) is 50.5 Å². The van der Waals surface area contributed by atoms with Crippen LogP contribution in [0.5, 0.6) is 0 Å². The molecule has 2 amide bonds. The van der Waals surface area contributed by atoms with Crippen LogP contribution in [0, 0.1) is 5.41 Å². The van der Waals surface area contributed by atoms with E-state index >= 15 is 0 Å². The highest BCUT2D eigenvalue weighted by Gasteiger charge is 2.42. The number of amides is 2. The van der Waals surface area contributed by atoms with Gasteiger partial charge < -0.3 is 5.32 Å². The van der Waals surface area contributed by atoms with Crippen LogP contribution in [0.2, 0.25) is 0 Å². The highest BCUT2D eigenvalue weighted by Crippen LogP contribution is 2.50. The van der Waals surface area contributed by atoms with Crippen LogP contribution >= 0.6 is 0 Å². The smallest absolute Gasteiger partial charge is 0.307 e. The number of anilines is 1. The maximum Gasteiger partial charge on any atom is 0.327 e. The van der Waals surface area contributed by atoms with Crippen LogP contribution in [-0.4, -0.2) is 16.8 Å². The molecule has 4 nitrogen and oxygen atoms in total. The minimum Gasteiger partial charge on any atom is -0.307 e. The van der Waals surface area contributed by atoms with Crippen molar-refractivity contribution < 1.29 is 4.79 Å². The van der Waals surface area contributed by atoms with Crippen LogP contribution in [0.25, 0.3) is 0 Å². The fourth-order valence-corrected chi connectivity index (χ4v) is 4.05. The van der Waals surface area contributed by atoms with Gasteiger partial charge in [0, 0.05) is 12.1 Å². The van der Waals surface area contributed by atoms with Gasteiger partial charge in [0.1, 0.15) is 5.84 Å². The molecule has 1 unspecified atom stereocenters. The van der Waals surface area contributed by atoms with E-state index in [-0.39, 0.29) is 12.1 Å². The Labute approximate surface area is 154 Å². The van der Waals surface area contributed by atoms with Gasteiger partial charge in [-0.25, -0.2) is 4.79 Å². The second kappa shape index (κ2) is 6.60. The van der Waals surface area contributed by atoms with E-state index in [0.717, 1.165) is 17.7 Å². The normalized spacial score (nSPS) is 20.9. The first-order chi connectivity index (χ1) is 12.6. The van der Waals surface area contributed by atoms with Crippen molar-refractivity contribution in [2.24, 2.45) is 0 Å². The molecule has 4 rings (SSSR count). The Balaban J connectivity index is 1.49. The third-order valence-corrected chi connectivity index (χ3v) is 5.94. The van der Waals surface area contributed by atoms with Gasteiger partial charge in [0.05, 0.1) is 6.04 Å². The van der Waals surface area contributed by atoms with Gasteiger partial charge in [0.15, 0.2) is 0 Å². The van der Waals surface area contributed by atoms with Crippen LogP contribution in [0.3, 0.4) is 0 Å². The highest BCUT2D eigenvalue weighted by atomic mass is 16.2. The molecule has 26 heavy (non-hydrogen) atoms. The summed E-state index contributed by atoms with van der Waals surface area (Å²) in [5.74, 6) is 0.385. The van der Waals surface area contributed by atoms with E-state index in [1.165, 1.54) is 24.8 Å². The molecule has 2 fully saturated rings. The van der Waals surface area contributed by atoms with Crippen molar-refractivity contribution in [3.63, 3.8) is 0 Å². The number of benzene rings is 2. The third-order valence-electron chi connectivity index (χ3n) is 5.94. The maximum absolute atomic E-state index is 12.8. The number of likely N-dealkylation sites (tertiary alicyclic amines) is 1. The second-order valence-corrected chi connectivity index (χ2v) is 7.42. The van der Waals surface area contributed by atoms with E-state index in [1.54, 1.807) is 4.90 Å². The van der Waals surface area contributed by atoms with E-state index in [0.29, 0.717) is 17.7 Å². The summed E-state index contributed by atoms with van der Waals surface area (Å²) in [5, 5.41) is 11.2. The molecule has 2 N–H and O–H groups in total. The monoisotopic (exact) mass is 347 g/mol. The lowest BCUT2D eigenvalue weighted by molar-refractivity contribution is 0.225. The summed E-state index contributed by atoms with van der Waals surface area (Å²) >= 11 is 0. The quantitative estimate of drug-likeness (QED) is 0.756. The van der Waals surface area contributed by atoms with Crippen LogP contribution in [0.1, 0.15) is 56.2 Å². The number of carbonyl (C=O) groups is 1. The van der Waals surface area contributed by atoms with Gasteiger partial charge in [0.2, 0.25) is 0 Å². The van der Waals surface area contributed by atoms with Crippen LogP contribution in [-0.2, 0) is 5.41 Å². The molecular formula is C22H25N3O. The molecule has 1 aliphatic carbocycles. The van der Waals surface area contributed by atoms with Gasteiger partial charge >= 0.3 is 6.03 Å². The number of hydrogen-bond acceptors (Lipinski definition) is 2. The predicted molar refractivity (Wildman–Crippen MR) is 105 cm³/mol. The first-order valence-corrected chi connectivity index (χ1v) is 9.46. The molecule has 1 heterocycles. The number of urea groups is 1. The summed E-state index contributed by atoms with van der Waals surface area (Å²) in [4.78, 5) is 14.4. The average molecular weight is 347 g/mol. The lowest BCUT2D eigenvalue weighted by Gasteiger charge is -2.25. The molecule has 0 bridgehead atoms. The van der Waals surface area contributed by atoms with Gasteiger partial charge in [-0.2, -0.15) is 0 Å². The fraction of sp³-hybridized carbons (Fsp3) is 0.364. The molecule has 2 aromatic carbocycles. The lowest BCUT2D eigenvalue weighted by atomic mass is 9.93. The van der Waals surface area contributed by atoms with Gasteiger partial charge in [-0.05, 0) is 54.4 Å². The van der Waals surface area contributed by atoms with E-state index in [1.807, 2.05) is 42.5 Å². The van der Waals surface area contributed by atoms with Crippen LogP contribution in [0.4, 0.5) is 10.5 Å². The first-order valence-electron chi connectivity index (χ1n) is 9.46. The molecule has 0 aromatic heterocycles. The molecule has 2 aliphatic rings. The van der Waals surface area contributed by atoms with Crippen LogP contribution < -0.4 is 5.32 Å². The molecule has 0 radical (unpaired) electrons. The van der Waals surface area contributed by atoms with Gasteiger partial charge in [-0.15, -0.1) is 0 Å². The molecule has 0 spiro atoms. The summed E-state index contributed by atoms with van der Waals surface area (Å²) in [6.07, 6.45) is 5.12. The van der Waals surface area contributed by atoms with Gasteiger partial charge in [0.25, 0.3) is 0 Å². The zero-order chi connectivity index (χ0) is 18.1. The highest BCUT2D eigenvalue weighted by molar-refractivity contribution is 6.03. The number of carbonyl (C=O) groups excluding carboxylic acids is 1. The number of amidine groups is 1. The number of nitrogens with one attached hydrogen (secondary N) is 2. The lowest BCUT2D eigenvalue weighted by Crippen LogP contribution is -2.37. The Kier molecular flexibility index (Phi) is 4.27. The number of nitrogens with zero attached hydrogens (tertiary/aromatic N) is 1. The molecule has 1 saturated heterocycles. The summed E-state index contributed by atoms with van der Waals surface area (Å²) in [6.45, 7) is 2.24. The van der Waals surface area contributed by atoms with Gasteiger partial charge in [-0.1, -0.05) is 49.4 Å². The van der Waals surface area contributed by atoms with Crippen LogP contribution in [0.15, 0.2) is 54.6 Å². The standard InChI is InChI=1S/C22H25N3O/c1-2-22(14-15-22)17-8-10-18(11-9-17)24-21(26)25-19(12-13-20(25)23)16-6-4-3-5-7-16/h3-11,19,23H,2,12-15H2,1H3,(H,24,26). The first kappa shape index (κ1) is 16.8. The average Bonchev–Trinajstić information content (AvgIpc) is 3.38. The summed E-state index contributed by atoms with van der Waals surface area (Å²) in [6, 6.07) is 18.0. The fourth-order valence-electron chi connectivity index (χ4n) is 4.05.